The molecule has 100 valence electrons. The third-order valence-corrected chi connectivity index (χ3v) is 4.46. The molecule has 0 aromatic carbocycles. The van der Waals surface area contributed by atoms with Gasteiger partial charge in [-0.3, -0.25) is 4.90 Å². The third kappa shape index (κ3) is 3.96. The van der Waals surface area contributed by atoms with Crippen molar-refractivity contribution >= 4 is 0 Å². The summed E-state index contributed by atoms with van der Waals surface area (Å²) in [5.41, 5.74) is 0. The first kappa shape index (κ1) is 13.4. The highest BCUT2D eigenvalue weighted by atomic mass is 15.2. The Bertz CT molecular complexity index is 213. The molecule has 1 saturated carbocycles. The van der Waals surface area contributed by atoms with Gasteiger partial charge in [0.05, 0.1) is 0 Å². The molecule has 2 fully saturated rings. The molecule has 2 nitrogen and oxygen atoms in total. The summed E-state index contributed by atoms with van der Waals surface area (Å²) in [5, 5.41) is 3.72. The second-order valence-electron chi connectivity index (χ2n) is 5.98. The zero-order chi connectivity index (χ0) is 12.1. The van der Waals surface area contributed by atoms with Crippen LogP contribution >= 0.6 is 0 Å². The quantitative estimate of drug-likeness (QED) is 0.733. The molecular formula is C15H30N2. The fourth-order valence-corrected chi connectivity index (χ4v) is 3.23. The minimum absolute atomic E-state index is 0.810. The van der Waals surface area contributed by atoms with Gasteiger partial charge in [0.2, 0.25) is 0 Å². The number of hydrogen-bond donors (Lipinski definition) is 1. The zero-order valence-electron chi connectivity index (χ0n) is 11.8. The van der Waals surface area contributed by atoms with Crippen LogP contribution in [0.3, 0.4) is 0 Å². The molecule has 0 amide bonds. The molecule has 2 rings (SSSR count). The van der Waals surface area contributed by atoms with Crippen LogP contribution in [-0.2, 0) is 0 Å². The normalized spacial score (nSPS) is 28.2. The number of piperazine rings is 1. The van der Waals surface area contributed by atoms with E-state index >= 15 is 0 Å². The predicted molar refractivity (Wildman–Crippen MR) is 74.3 cm³/mol. The Morgan fingerprint density at radius 1 is 1.18 bits per heavy atom. The van der Waals surface area contributed by atoms with E-state index in [1.807, 2.05) is 0 Å². The van der Waals surface area contributed by atoms with Crippen molar-refractivity contribution in [1.29, 1.82) is 0 Å². The molecular weight excluding hydrogens is 208 g/mol. The molecule has 1 aliphatic heterocycles. The van der Waals surface area contributed by atoms with Gasteiger partial charge in [0.15, 0.2) is 0 Å². The first-order valence-corrected chi connectivity index (χ1v) is 7.82. The standard InChI is InChI=1S/C15H30N2/c1-3-5-7-14(6-4-2)17-11-10-16-15(12-17)13-8-9-13/h13-16H,3-12H2,1-2H3. The van der Waals surface area contributed by atoms with Crippen molar-refractivity contribution in [1.82, 2.24) is 10.2 Å². The summed E-state index contributed by atoms with van der Waals surface area (Å²) in [6, 6.07) is 1.67. The largest absolute Gasteiger partial charge is 0.311 e. The Balaban J connectivity index is 1.82. The highest BCUT2D eigenvalue weighted by Crippen LogP contribution is 2.34. The maximum absolute atomic E-state index is 3.72. The monoisotopic (exact) mass is 238 g/mol. The summed E-state index contributed by atoms with van der Waals surface area (Å²) in [6.45, 7) is 8.46. The third-order valence-electron chi connectivity index (χ3n) is 4.46. The topological polar surface area (TPSA) is 15.3 Å². The van der Waals surface area contributed by atoms with Crippen LogP contribution in [0.1, 0.15) is 58.8 Å². The van der Waals surface area contributed by atoms with E-state index in [1.54, 1.807) is 0 Å². The molecule has 2 aliphatic rings. The van der Waals surface area contributed by atoms with Crippen LogP contribution < -0.4 is 5.32 Å². The predicted octanol–water partition coefficient (Wildman–Crippen LogP) is 3.03. The average Bonchev–Trinajstić information content (AvgIpc) is 3.19. The maximum atomic E-state index is 3.72. The fourth-order valence-electron chi connectivity index (χ4n) is 3.23. The van der Waals surface area contributed by atoms with Crippen molar-refractivity contribution in [3.05, 3.63) is 0 Å². The number of unbranched alkanes of at least 4 members (excludes halogenated alkanes) is 1. The van der Waals surface area contributed by atoms with Crippen LogP contribution in [0.25, 0.3) is 0 Å². The van der Waals surface area contributed by atoms with Gasteiger partial charge in [-0.25, -0.2) is 0 Å². The van der Waals surface area contributed by atoms with Crippen LogP contribution in [0.15, 0.2) is 0 Å². The molecule has 0 spiro atoms. The van der Waals surface area contributed by atoms with Gasteiger partial charge in [0, 0.05) is 31.7 Å². The summed E-state index contributed by atoms with van der Waals surface area (Å²) < 4.78 is 0. The highest BCUT2D eigenvalue weighted by molar-refractivity contribution is 4.92. The Morgan fingerprint density at radius 3 is 2.65 bits per heavy atom. The zero-order valence-corrected chi connectivity index (χ0v) is 11.8. The molecule has 1 heterocycles. The van der Waals surface area contributed by atoms with E-state index in [0.29, 0.717) is 0 Å². The summed E-state index contributed by atoms with van der Waals surface area (Å²) in [7, 11) is 0. The van der Waals surface area contributed by atoms with Crippen molar-refractivity contribution in [2.75, 3.05) is 19.6 Å². The molecule has 0 aromatic rings. The van der Waals surface area contributed by atoms with E-state index in [2.05, 4.69) is 24.1 Å². The van der Waals surface area contributed by atoms with E-state index in [4.69, 9.17) is 0 Å². The van der Waals surface area contributed by atoms with Crippen LogP contribution in [0.2, 0.25) is 0 Å². The molecule has 2 atom stereocenters. The molecule has 0 bridgehead atoms. The van der Waals surface area contributed by atoms with Gasteiger partial charge in [0.1, 0.15) is 0 Å². The second-order valence-corrected chi connectivity index (χ2v) is 5.98. The Morgan fingerprint density at radius 2 is 2.00 bits per heavy atom. The average molecular weight is 238 g/mol. The van der Waals surface area contributed by atoms with Gasteiger partial charge >= 0.3 is 0 Å². The molecule has 17 heavy (non-hydrogen) atoms. The van der Waals surface area contributed by atoms with Crippen molar-refractivity contribution in [3.63, 3.8) is 0 Å². The summed E-state index contributed by atoms with van der Waals surface area (Å²) in [5.74, 6) is 1.01. The molecule has 0 radical (unpaired) electrons. The molecule has 2 heteroatoms. The fraction of sp³-hybridized carbons (Fsp3) is 1.00. The van der Waals surface area contributed by atoms with Crippen molar-refractivity contribution in [2.24, 2.45) is 5.92 Å². The lowest BCUT2D eigenvalue weighted by atomic mass is 10.0. The van der Waals surface area contributed by atoms with Gasteiger partial charge in [-0.1, -0.05) is 33.1 Å². The minimum atomic E-state index is 0.810. The summed E-state index contributed by atoms with van der Waals surface area (Å²) in [4.78, 5) is 2.79. The van der Waals surface area contributed by atoms with Crippen molar-refractivity contribution in [3.8, 4) is 0 Å². The van der Waals surface area contributed by atoms with Gasteiger partial charge < -0.3 is 5.32 Å². The molecule has 0 aromatic heterocycles. The lowest BCUT2D eigenvalue weighted by molar-refractivity contribution is 0.121. The van der Waals surface area contributed by atoms with Crippen LogP contribution in [0, 0.1) is 5.92 Å². The maximum Gasteiger partial charge on any atom is 0.0223 e. The lowest BCUT2D eigenvalue weighted by Gasteiger charge is -2.39. The summed E-state index contributed by atoms with van der Waals surface area (Å²) in [6.07, 6.45) is 9.85. The number of hydrogen-bond acceptors (Lipinski definition) is 2. The van der Waals surface area contributed by atoms with E-state index in [-0.39, 0.29) is 0 Å². The minimum Gasteiger partial charge on any atom is -0.311 e. The molecule has 1 aliphatic carbocycles. The number of nitrogens with one attached hydrogen (secondary N) is 1. The van der Waals surface area contributed by atoms with E-state index in [1.165, 1.54) is 64.6 Å². The number of nitrogens with zero attached hydrogens (tertiary/aromatic N) is 1. The van der Waals surface area contributed by atoms with Gasteiger partial charge in [-0.2, -0.15) is 0 Å². The molecule has 2 unspecified atom stereocenters. The van der Waals surface area contributed by atoms with Gasteiger partial charge in [-0.15, -0.1) is 0 Å². The van der Waals surface area contributed by atoms with Crippen LogP contribution in [-0.4, -0.2) is 36.6 Å². The Hall–Kier alpha value is -0.0800. The first-order chi connectivity index (χ1) is 8.35. The van der Waals surface area contributed by atoms with Gasteiger partial charge in [-0.05, 0) is 31.6 Å². The summed E-state index contributed by atoms with van der Waals surface area (Å²) >= 11 is 0. The van der Waals surface area contributed by atoms with Crippen molar-refractivity contribution < 1.29 is 0 Å². The van der Waals surface area contributed by atoms with Crippen LogP contribution in [0.4, 0.5) is 0 Å². The first-order valence-electron chi connectivity index (χ1n) is 7.82. The van der Waals surface area contributed by atoms with Crippen LogP contribution in [0.5, 0.6) is 0 Å². The SMILES string of the molecule is CCCCC(CCC)N1CCNC(C2CC2)C1. The Labute approximate surface area is 107 Å². The smallest absolute Gasteiger partial charge is 0.0223 e. The van der Waals surface area contributed by atoms with E-state index in [0.717, 1.165) is 18.0 Å². The van der Waals surface area contributed by atoms with Crippen molar-refractivity contribution in [2.45, 2.75) is 70.9 Å². The highest BCUT2D eigenvalue weighted by Gasteiger charge is 2.35. The molecule has 1 saturated heterocycles. The van der Waals surface area contributed by atoms with Gasteiger partial charge in [0.25, 0.3) is 0 Å². The molecule has 1 N–H and O–H groups in total. The lowest BCUT2D eigenvalue weighted by Crippen LogP contribution is -2.54. The van der Waals surface area contributed by atoms with E-state index < -0.39 is 0 Å². The number of rotatable bonds is 7. The Kier molecular flexibility index (Phi) is 5.30. The van der Waals surface area contributed by atoms with E-state index in [9.17, 15) is 0 Å². The second kappa shape index (κ2) is 6.75.